The van der Waals surface area contributed by atoms with Gasteiger partial charge in [0.2, 0.25) is 0 Å². The topological polar surface area (TPSA) is 52.9 Å². The van der Waals surface area contributed by atoms with Crippen LogP contribution in [0.1, 0.15) is 25.8 Å². The third kappa shape index (κ3) is 4.20. The summed E-state index contributed by atoms with van der Waals surface area (Å²) in [4.78, 5) is 2.38. The molecular formula is C16H25NO3. The first kappa shape index (κ1) is 15.3. The van der Waals surface area contributed by atoms with Gasteiger partial charge < -0.3 is 14.9 Å². The van der Waals surface area contributed by atoms with Crippen molar-refractivity contribution in [2.45, 2.75) is 32.4 Å². The number of aliphatic hydroxyl groups is 2. The van der Waals surface area contributed by atoms with Gasteiger partial charge in [-0.15, -0.1) is 0 Å². The average Bonchev–Trinajstić information content (AvgIpc) is 2.86. The third-order valence-corrected chi connectivity index (χ3v) is 3.96. The predicted octanol–water partition coefficient (Wildman–Crippen LogP) is 1.65. The zero-order valence-electron chi connectivity index (χ0n) is 12.4. The fraction of sp³-hybridized carbons (Fsp3) is 0.625. The Morgan fingerprint density at radius 2 is 2.00 bits per heavy atom. The molecule has 0 aliphatic carbocycles. The molecule has 0 unspecified atom stereocenters. The zero-order valence-corrected chi connectivity index (χ0v) is 12.4. The van der Waals surface area contributed by atoms with Gasteiger partial charge in [0.15, 0.2) is 0 Å². The molecule has 2 N–H and O–H groups in total. The molecule has 4 heteroatoms. The molecule has 0 amide bonds. The summed E-state index contributed by atoms with van der Waals surface area (Å²) in [5, 5.41) is 18.8. The highest BCUT2D eigenvalue weighted by atomic mass is 16.5. The molecule has 0 bridgehead atoms. The molecule has 0 radical (unpaired) electrons. The highest BCUT2D eigenvalue weighted by molar-refractivity contribution is 5.27. The minimum Gasteiger partial charge on any atom is -0.491 e. The van der Waals surface area contributed by atoms with Crippen molar-refractivity contribution in [3.8, 4) is 5.75 Å². The van der Waals surface area contributed by atoms with E-state index in [1.165, 1.54) is 5.56 Å². The van der Waals surface area contributed by atoms with Gasteiger partial charge in [0.25, 0.3) is 0 Å². The molecule has 4 nitrogen and oxygen atoms in total. The molecule has 1 aliphatic rings. The van der Waals surface area contributed by atoms with Crippen molar-refractivity contribution >= 4 is 0 Å². The van der Waals surface area contributed by atoms with E-state index >= 15 is 0 Å². The van der Waals surface area contributed by atoms with Crippen LogP contribution in [-0.4, -0.2) is 47.0 Å². The van der Waals surface area contributed by atoms with Gasteiger partial charge in [-0.2, -0.15) is 0 Å². The van der Waals surface area contributed by atoms with E-state index in [-0.39, 0.29) is 6.61 Å². The predicted molar refractivity (Wildman–Crippen MR) is 78.7 cm³/mol. The van der Waals surface area contributed by atoms with Crippen LogP contribution in [0.5, 0.6) is 5.75 Å². The summed E-state index contributed by atoms with van der Waals surface area (Å²) in [5.74, 6) is 1.15. The van der Waals surface area contributed by atoms with Gasteiger partial charge in [0, 0.05) is 19.0 Å². The molecule has 1 atom stereocenters. The van der Waals surface area contributed by atoms with Gasteiger partial charge in [-0.05, 0) is 44.5 Å². The molecule has 0 saturated carbocycles. The Labute approximate surface area is 121 Å². The second-order valence-corrected chi connectivity index (χ2v) is 6.09. The van der Waals surface area contributed by atoms with Crippen LogP contribution in [0, 0.1) is 5.92 Å². The summed E-state index contributed by atoms with van der Waals surface area (Å²) < 4.78 is 5.35. The molecule has 1 heterocycles. The first-order valence-corrected chi connectivity index (χ1v) is 7.26. The first-order chi connectivity index (χ1) is 9.49. The van der Waals surface area contributed by atoms with E-state index in [1.807, 2.05) is 26.0 Å². The van der Waals surface area contributed by atoms with Crippen molar-refractivity contribution < 1.29 is 14.9 Å². The first-order valence-electron chi connectivity index (χ1n) is 7.26. The number of ether oxygens (including phenoxy) is 1. The van der Waals surface area contributed by atoms with Gasteiger partial charge in [-0.3, -0.25) is 4.90 Å². The van der Waals surface area contributed by atoms with Gasteiger partial charge in [-0.25, -0.2) is 0 Å². The highest BCUT2D eigenvalue weighted by Gasteiger charge is 2.33. The minimum atomic E-state index is -0.587. The summed E-state index contributed by atoms with van der Waals surface area (Å²) in [6.45, 7) is 7.06. The Bertz CT molecular complexity index is 411. The van der Waals surface area contributed by atoms with E-state index < -0.39 is 5.60 Å². The Balaban J connectivity index is 1.85. The Hall–Kier alpha value is -1.10. The van der Waals surface area contributed by atoms with Crippen LogP contribution >= 0.6 is 0 Å². The van der Waals surface area contributed by atoms with Gasteiger partial charge >= 0.3 is 0 Å². The van der Waals surface area contributed by atoms with Crippen LogP contribution in [0.15, 0.2) is 24.3 Å². The smallest absolute Gasteiger partial charge is 0.119 e. The Morgan fingerprint density at radius 1 is 1.30 bits per heavy atom. The summed E-state index contributed by atoms with van der Waals surface area (Å²) >= 11 is 0. The number of rotatable bonds is 6. The number of nitrogens with zero attached hydrogens (tertiary/aromatic N) is 1. The minimum absolute atomic E-state index is 0.0356. The van der Waals surface area contributed by atoms with E-state index in [2.05, 4.69) is 17.0 Å². The molecular weight excluding hydrogens is 254 g/mol. The van der Waals surface area contributed by atoms with E-state index in [1.54, 1.807) is 0 Å². The molecule has 1 aliphatic heterocycles. The second-order valence-electron chi connectivity index (χ2n) is 6.09. The largest absolute Gasteiger partial charge is 0.491 e. The highest BCUT2D eigenvalue weighted by Crippen LogP contribution is 2.28. The molecule has 112 valence electrons. The maximum Gasteiger partial charge on any atom is 0.119 e. The lowest BCUT2D eigenvalue weighted by Gasteiger charge is -2.25. The second kappa shape index (κ2) is 6.57. The van der Waals surface area contributed by atoms with Gasteiger partial charge in [0.05, 0.1) is 12.2 Å². The molecule has 1 fully saturated rings. The van der Waals surface area contributed by atoms with Crippen LogP contribution in [-0.2, 0) is 6.54 Å². The molecule has 0 aromatic heterocycles. The van der Waals surface area contributed by atoms with Crippen molar-refractivity contribution in [3.05, 3.63) is 29.8 Å². The van der Waals surface area contributed by atoms with E-state index in [0.717, 1.165) is 31.8 Å². The molecule has 1 aromatic rings. The van der Waals surface area contributed by atoms with Crippen molar-refractivity contribution in [2.24, 2.45) is 5.92 Å². The number of likely N-dealkylation sites (tertiary alicyclic amines) is 1. The molecule has 20 heavy (non-hydrogen) atoms. The number of hydrogen-bond donors (Lipinski definition) is 2. The lowest BCUT2D eigenvalue weighted by atomic mass is 9.90. The summed E-state index contributed by atoms with van der Waals surface area (Å²) in [5.41, 5.74) is 0.661. The van der Waals surface area contributed by atoms with E-state index in [0.29, 0.717) is 12.5 Å². The number of hydrogen-bond acceptors (Lipinski definition) is 4. The zero-order chi connectivity index (χ0) is 14.6. The van der Waals surface area contributed by atoms with Crippen LogP contribution in [0.2, 0.25) is 0 Å². The summed E-state index contributed by atoms with van der Waals surface area (Å²) in [7, 11) is 0. The lowest BCUT2D eigenvalue weighted by Crippen LogP contribution is -2.33. The number of benzene rings is 1. The van der Waals surface area contributed by atoms with Crippen LogP contribution in [0.3, 0.4) is 0 Å². The Kier molecular flexibility index (Phi) is 5.02. The normalized spacial score (nSPS) is 20.3. The van der Waals surface area contributed by atoms with E-state index in [9.17, 15) is 5.11 Å². The summed E-state index contributed by atoms with van der Waals surface area (Å²) in [6, 6.07) is 8.00. The quantitative estimate of drug-likeness (QED) is 0.831. The third-order valence-electron chi connectivity index (χ3n) is 3.96. The maximum absolute atomic E-state index is 10.1. The maximum atomic E-state index is 10.1. The van der Waals surface area contributed by atoms with Crippen molar-refractivity contribution in [1.82, 2.24) is 4.90 Å². The van der Waals surface area contributed by atoms with Gasteiger partial charge in [0.1, 0.15) is 12.4 Å². The van der Waals surface area contributed by atoms with Crippen molar-refractivity contribution in [1.29, 1.82) is 0 Å². The summed E-state index contributed by atoms with van der Waals surface area (Å²) in [6.07, 6.45) is 1.06. The number of aliphatic hydroxyl groups excluding tert-OH is 1. The molecule has 0 spiro atoms. The van der Waals surface area contributed by atoms with Crippen LogP contribution in [0.25, 0.3) is 0 Å². The molecule has 1 saturated heterocycles. The monoisotopic (exact) mass is 279 g/mol. The van der Waals surface area contributed by atoms with Crippen molar-refractivity contribution in [3.63, 3.8) is 0 Å². The SMILES string of the molecule is CC(C)(O)[C@H]1CCN(Cc2ccc(OCCO)cc2)C1. The molecule has 2 rings (SSSR count). The van der Waals surface area contributed by atoms with Gasteiger partial charge in [-0.1, -0.05) is 12.1 Å². The fourth-order valence-electron chi connectivity index (χ4n) is 2.67. The standard InChI is InChI=1S/C16H25NO3/c1-16(2,19)14-7-8-17(12-14)11-13-3-5-15(6-4-13)20-10-9-18/h3-6,14,18-19H,7-12H2,1-2H3/t14-/m0/s1. The Morgan fingerprint density at radius 3 is 2.55 bits per heavy atom. The molecule has 1 aromatic carbocycles. The lowest BCUT2D eigenvalue weighted by molar-refractivity contribution is 0.0208. The van der Waals surface area contributed by atoms with Crippen molar-refractivity contribution in [2.75, 3.05) is 26.3 Å². The average molecular weight is 279 g/mol. The van der Waals surface area contributed by atoms with Crippen LogP contribution < -0.4 is 4.74 Å². The van der Waals surface area contributed by atoms with Crippen LogP contribution in [0.4, 0.5) is 0 Å². The van der Waals surface area contributed by atoms with E-state index in [4.69, 9.17) is 9.84 Å². The fourth-order valence-corrected chi connectivity index (χ4v) is 2.67.